The molecule has 17 heavy (non-hydrogen) atoms. The third-order valence-electron chi connectivity index (χ3n) is 2.95. The van der Waals surface area contributed by atoms with E-state index < -0.39 is 0 Å². The lowest BCUT2D eigenvalue weighted by molar-refractivity contribution is 0.353. The maximum Gasteiger partial charge on any atom is 0.165 e. The number of benzene rings is 1. The second-order valence-corrected chi connectivity index (χ2v) is 4.00. The molecule has 90 valence electrons. The minimum absolute atomic E-state index is 0.690. The smallest absolute Gasteiger partial charge is 0.165 e. The average molecular weight is 232 g/mol. The van der Waals surface area contributed by atoms with Crippen molar-refractivity contribution < 1.29 is 9.47 Å². The molecule has 0 atom stereocenters. The molecule has 4 nitrogen and oxygen atoms in total. The molecule has 1 aromatic carbocycles. The highest BCUT2D eigenvalue weighted by Gasteiger charge is 2.14. The van der Waals surface area contributed by atoms with Crippen molar-refractivity contribution in [3.05, 3.63) is 23.0 Å². The lowest BCUT2D eigenvalue weighted by Crippen LogP contribution is -1.99. The third-order valence-corrected chi connectivity index (χ3v) is 2.95. The van der Waals surface area contributed by atoms with Crippen molar-refractivity contribution in [2.24, 2.45) is 0 Å². The Morgan fingerprint density at radius 2 is 1.59 bits per heavy atom. The predicted octanol–water partition coefficient (Wildman–Crippen LogP) is 2.57. The molecule has 0 saturated carbocycles. The number of aromatic nitrogens is 2. The number of methoxy groups -OCH3 is 2. The second-order valence-electron chi connectivity index (χ2n) is 4.00. The number of hydrogen-bond acceptors (Lipinski definition) is 4. The monoisotopic (exact) mass is 232 g/mol. The van der Waals surface area contributed by atoms with Gasteiger partial charge in [0.25, 0.3) is 0 Å². The molecule has 1 aromatic heterocycles. The first-order valence-electron chi connectivity index (χ1n) is 5.45. The Morgan fingerprint density at radius 3 is 2.18 bits per heavy atom. The van der Waals surface area contributed by atoms with Crippen LogP contribution in [-0.2, 0) is 0 Å². The highest BCUT2D eigenvalue weighted by molar-refractivity contribution is 5.83. The van der Waals surface area contributed by atoms with Gasteiger partial charge < -0.3 is 9.47 Å². The summed E-state index contributed by atoms with van der Waals surface area (Å²) in [7, 11) is 3.25. The molecule has 0 aliphatic carbocycles. The molecule has 0 N–H and O–H groups in total. The van der Waals surface area contributed by atoms with Gasteiger partial charge in [0.05, 0.1) is 36.6 Å². The highest BCUT2D eigenvalue weighted by atomic mass is 16.5. The Kier molecular flexibility index (Phi) is 2.88. The summed E-state index contributed by atoms with van der Waals surface area (Å²) < 4.78 is 10.7. The minimum Gasteiger partial charge on any atom is -0.493 e. The molecule has 0 amide bonds. The zero-order chi connectivity index (χ0) is 12.6. The minimum atomic E-state index is 0.690. The van der Waals surface area contributed by atoms with E-state index in [-0.39, 0.29) is 0 Å². The van der Waals surface area contributed by atoms with E-state index in [0.29, 0.717) is 5.75 Å². The molecule has 0 spiro atoms. The summed E-state index contributed by atoms with van der Waals surface area (Å²) in [5.41, 5.74) is 4.53. The summed E-state index contributed by atoms with van der Waals surface area (Å²) in [6, 6.07) is 1.86. The van der Waals surface area contributed by atoms with Gasteiger partial charge in [0.1, 0.15) is 0 Å². The van der Waals surface area contributed by atoms with Gasteiger partial charge in [0, 0.05) is 11.6 Å². The molecule has 0 radical (unpaired) electrons. The van der Waals surface area contributed by atoms with Gasteiger partial charge in [-0.1, -0.05) is 0 Å². The van der Waals surface area contributed by atoms with Crippen molar-refractivity contribution in [3.63, 3.8) is 0 Å². The molecule has 0 bridgehead atoms. The van der Waals surface area contributed by atoms with Crippen LogP contribution < -0.4 is 9.47 Å². The van der Waals surface area contributed by atoms with Gasteiger partial charge in [-0.05, 0) is 20.8 Å². The molecular formula is C13H16N2O2. The first-order chi connectivity index (χ1) is 8.08. The molecule has 1 heterocycles. The molecule has 0 fully saturated rings. The zero-order valence-electron chi connectivity index (χ0n) is 10.8. The van der Waals surface area contributed by atoms with Crippen LogP contribution >= 0.6 is 0 Å². The maximum atomic E-state index is 5.35. The molecule has 2 aromatic rings. The predicted molar refractivity (Wildman–Crippen MR) is 66.9 cm³/mol. The van der Waals surface area contributed by atoms with E-state index in [2.05, 4.69) is 9.97 Å². The Bertz CT molecular complexity index is 579. The topological polar surface area (TPSA) is 44.2 Å². The fourth-order valence-corrected chi connectivity index (χ4v) is 1.88. The summed E-state index contributed by atoms with van der Waals surface area (Å²) in [5.74, 6) is 1.41. The van der Waals surface area contributed by atoms with Crippen LogP contribution in [0.3, 0.4) is 0 Å². The second kappa shape index (κ2) is 4.20. The molecular weight excluding hydrogens is 216 g/mol. The zero-order valence-corrected chi connectivity index (χ0v) is 10.8. The fourth-order valence-electron chi connectivity index (χ4n) is 1.88. The van der Waals surface area contributed by atoms with Crippen LogP contribution in [0.4, 0.5) is 0 Å². The van der Waals surface area contributed by atoms with Crippen LogP contribution in [0.15, 0.2) is 6.07 Å². The van der Waals surface area contributed by atoms with Crippen molar-refractivity contribution in [1.82, 2.24) is 9.97 Å². The number of ether oxygens (including phenoxy) is 2. The van der Waals surface area contributed by atoms with Crippen LogP contribution in [0.5, 0.6) is 11.5 Å². The van der Waals surface area contributed by atoms with E-state index in [0.717, 1.165) is 33.7 Å². The maximum absolute atomic E-state index is 5.35. The molecule has 0 aliphatic heterocycles. The van der Waals surface area contributed by atoms with Gasteiger partial charge in [-0.15, -0.1) is 0 Å². The third kappa shape index (κ3) is 1.79. The van der Waals surface area contributed by atoms with Gasteiger partial charge in [-0.25, -0.2) is 9.97 Å². The van der Waals surface area contributed by atoms with Crippen molar-refractivity contribution in [2.75, 3.05) is 14.2 Å². The Hall–Kier alpha value is -1.84. The van der Waals surface area contributed by atoms with E-state index in [1.165, 1.54) is 0 Å². The number of nitrogens with zero attached hydrogens (tertiary/aromatic N) is 2. The van der Waals surface area contributed by atoms with Gasteiger partial charge in [-0.2, -0.15) is 0 Å². The van der Waals surface area contributed by atoms with Crippen LogP contribution in [0, 0.1) is 20.8 Å². The summed E-state index contributed by atoms with van der Waals surface area (Å²) in [5, 5.41) is 0. The largest absolute Gasteiger partial charge is 0.493 e. The summed E-state index contributed by atoms with van der Waals surface area (Å²) in [6.45, 7) is 5.87. The molecule has 0 aliphatic rings. The normalized spacial score (nSPS) is 10.6. The lowest BCUT2D eigenvalue weighted by Gasteiger charge is -2.13. The number of hydrogen-bond donors (Lipinski definition) is 0. The van der Waals surface area contributed by atoms with Crippen molar-refractivity contribution in [3.8, 4) is 11.5 Å². The van der Waals surface area contributed by atoms with Crippen molar-refractivity contribution in [1.29, 1.82) is 0 Å². The number of fused-ring (bicyclic) bond motifs is 1. The molecule has 0 saturated heterocycles. The molecule has 2 rings (SSSR count). The van der Waals surface area contributed by atoms with Crippen molar-refractivity contribution in [2.45, 2.75) is 20.8 Å². The Balaban J connectivity index is 2.85. The van der Waals surface area contributed by atoms with Gasteiger partial charge in [-0.3, -0.25) is 0 Å². The van der Waals surface area contributed by atoms with E-state index in [1.54, 1.807) is 14.2 Å². The first-order valence-corrected chi connectivity index (χ1v) is 5.45. The molecule has 4 heteroatoms. The van der Waals surface area contributed by atoms with E-state index >= 15 is 0 Å². The highest BCUT2D eigenvalue weighted by Crippen LogP contribution is 2.35. The van der Waals surface area contributed by atoms with Crippen molar-refractivity contribution >= 4 is 11.0 Å². The summed E-state index contributed by atoms with van der Waals surface area (Å²) >= 11 is 0. The van der Waals surface area contributed by atoms with Gasteiger partial charge in [0.15, 0.2) is 11.5 Å². The van der Waals surface area contributed by atoms with E-state index in [4.69, 9.17) is 9.47 Å². The van der Waals surface area contributed by atoms with Gasteiger partial charge in [0.2, 0.25) is 0 Å². The first kappa shape index (κ1) is 11.6. The van der Waals surface area contributed by atoms with E-state index in [1.807, 2.05) is 26.8 Å². The standard InChI is InChI=1S/C13H16N2O2/c1-7-12-10(14-8(2)9(3)15-12)6-11(16-4)13(7)17-5/h6H,1-5H3. The fraction of sp³-hybridized carbons (Fsp3) is 0.385. The summed E-state index contributed by atoms with van der Waals surface area (Å²) in [6.07, 6.45) is 0. The average Bonchev–Trinajstić information content (AvgIpc) is 2.31. The number of aryl methyl sites for hydroxylation is 3. The SMILES string of the molecule is COc1cc2nc(C)c(C)nc2c(C)c1OC. The van der Waals surface area contributed by atoms with Crippen LogP contribution in [0.25, 0.3) is 11.0 Å². The van der Waals surface area contributed by atoms with Crippen LogP contribution in [0.2, 0.25) is 0 Å². The Morgan fingerprint density at radius 1 is 0.941 bits per heavy atom. The number of rotatable bonds is 2. The quantitative estimate of drug-likeness (QED) is 0.798. The van der Waals surface area contributed by atoms with Crippen LogP contribution in [0.1, 0.15) is 17.0 Å². The summed E-state index contributed by atoms with van der Waals surface area (Å²) in [4.78, 5) is 9.08. The Labute approximate surface area is 101 Å². The van der Waals surface area contributed by atoms with Gasteiger partial charge >= 0.3 is 0 Å². The lowest BCUT2D eigenvalue weighted by atomic mass is 10.1. The van der Waals surface area contributed by atoms with Crippen LogP contribution in [-0.4, -0.2) is 24.2 Å². The molecule has 0 unspecified atom stereocenters. The van der Waals surface area contributed by atoms with E-state index in [9.17, 15) is 0 Å².